The lowest BCUT2D eigenvalue weighted by molar-refractivity contribution is -0.140. The molecule has 1 unspecified atom stereocenters. The molecule has 3 aromatic carbocycles. The summed E-state index contributed by atoms with van der Waals surface area (Å²) in [5, 5.41) is 12.0. The van der Waals surface area contributed by atoms with E-state index in [0.717, 1.165) is 22.3 Å². The van der Waals surface area contributed by atoms with E-state index in [1.807, 2.05) is 24.3 Å². The molecule has 0 spiro atoms. The first kappa shape index (κ1) is 22.0. The number of carbonyl (C=O) groups excluding carboxylic acids is 2. The van der Waals surface area contributed by atoms with Gasteiger partial charge >= 0.3 is 12.1 Å². The predicted molar refractivity (Wildman–Crippen MR) is 130 cm³/mol. The SMILES string of the molecule is O=C(Nc1ccc(C(=O)N2CSCC2C(=O)O)cc1)OCC1c2ccccc2-c2ccccc21. The van der Waals surface area contributed by atoms with Crippen molar-refractivity contribution >= 4 is 35.4 Å². The lowest BCUT2D eigenvalue weighted by atomic mass is 9.98. The van der Waals surface area contributed by atoms with Gasteiger partial charge in [0.2, 0.25) is 0 Å². The molecule has 7 nitrogen and oxygen atoms in total. The largest absolute Gasteiger partial charge is 0.480 e. The maximum absolute atomic E-state index is 12.7. The van der Waals surface area contributed by atoms with Crippen LogP contribution in [0.4, 0.5) is 10.5 Å². The number of nitrogens with zero attached hydrogens (tertiary/aromatic N) is 1. The summed E-state index contributed by atoms with van der Waals surface area (Å²) in [7, 11) is 0. The number of thioether (sulfide) groups is 1. The third-order valence-electron chi connectivity index (χ3n) is 6.15. The van der Waals surface area contributed by atoms with Crippen LogP contribution in [0.15, 0.2) is 72.8 Å². The molecule has 3 aromatic rings. The van der Waals surface area contributed by atoms with Gasteiger partial charge in [-0.25, -0.2) is 9.59 Å². The number of carboxylic acid groups (broad SMARTS) is 1. The fourth-order valence-corrected chi connectivity index (χ4v) is 5.61. The van der Waals surface area contributed by atoms with Crippen LogP contribution in [0.5, 0.6) is 0 Å². The first-order valence-electron chi connectivity index (χ1n) is 10.9. The van der Waals surface area contributed by atoms with Gasteiger partial charge in [0.25, 0.3) is 5.91 Å². The van der Waals surface area contributed by atoms with E-state index in [4.69, 9.17) is 4.74 Å². The van der Waals surface area contributed by atoms with Crippen LogP contribution in [0, 0.1) is 0 Å². The highest BCUT2D eigenvalue weighted by Gasteiger charge is 2.35. The number of aliphatic carboxylic acids is 1. The highest BCUT2D eigenvalue weighted by atomic mass is 32.2. The van der Waals surface area contributed by atoms with Gasteiger partial charge in [-0.05, 0) is 46.5 Å². The molecule has 1 aliphatic heterocycles. The number of amides is 2. The Kier molecular flexibility index (Phi) is 5.98. The summed E-state index contributed by atoms with van der Waals surface area (Å²) in [5.41, 5.74) is 5.45. The lowest BCUT2D eigenvalue weighted by Crippen LogP contribution is -2.41. The standard InChI is InChI=1S/C26H22N2O5S/c29-24(28-15-34-14-23(28)25(30)31)16-9-11-17(12-10-16)27-26(32)33-13-22-20-7-3-1-5-18(20)19-6-2-4-8-21(19)22/h1-12,22-23H,13-15H2,(H,27,32)(H,30,31). The lowest BCUT2D eigenvalue weighted by Gasteiger charge is -2.20. The monoisotopic (exact) mass is 474 g/mol. The number of nitrogens with one attached hydrogen (secondary N) is 1. The van der Waals surface area contributed by atoms with Gasteiger partial charge < -0.3 is 14.7 Å². The number of fused-ring (bicyclic) bond motifs is 3. The molecule has 5 rings (SSSR count). The van der Waals surface area contributed by atoms with Gasteiger partial charge in [-0.15, -0.1) is 11.8 Å². The zero-order valence-corrected chi connectivity index (χ0v) is 19.0. The molecule has 2 aliphatic rings. The van der Waals surface area contributed by atoms with Crippen molar-refractivity contribution in [2.45, 2.75) is 12.0 Å². The van der Waals surface area contributed by atoms with Crippen LogP contribution in [-0.4, -0.2) is 52.3 Å². The third-order valence-corrected chi connectivity index (χ3v) is 7.16. The number of carboxylic acids is 1. The Morgan fingerprint density at radius 2 is 1.56 bits per heavy atom. The summed E-state index contributed by atoms with van der Waals surface area (Å²) in [6, 6.07) is 21.8. The minimum absolute atomic E-state index is 0.0290. The molecule has 1 heterocycles. The van der Waals surface area contributed by atoms with Gasteiger partial charge in [-0.1, -0.05) is 48.5 Å². The first-order valence-corrected chi connectivity index (χ1v) is 12.0. The molecule has 0 radical (unpaired) electrons. The molecule has 34 heavy (non-hydrogen) atoms. The molecular formula is C26H22N2O5S. The second-order valence-corrected chi connectivity index (χ2v) is 9.16. The molecule has 0 aromatic heterocycles. The summed E-state index contributed by atoms with van der Waals surface area (Å²) in [6.07, 6.45) is -0.581. The summed E-state index contributed by atoms with van der Waals surface area (Å²) in [6.45, 7) is 0.208. The van der Waals surface area contributed by atoms with Crippen LogP contribution in [-0.2, 0) is 9.53 Å². The molecule has 0 saturated carbocycles. The number of anilines is 1. The van der Waals surface area contributed by atoms with E-state index in [1.165, 1.54) is 16.7 Å². The van der Waals surface area contributed by atoms with Crippen LogP contribution in [0.3, 0.4) is 0 Å². The molecule has 1 saturated heterocycles. The topological polar surface area (TPSA) is 95.9 Å². The van der Waals surface area contributed by atoms with E-state index in [1.54, 1.807) is 24.3 Å². The number of hydrogen-bond acceptors (Lipinski definition) is 5. The van der Waals surface area contributed by atoms with Gasteiger partial charge in [0.15, 0.2) is 0 Å². The molecule has 1 fully saturated rings. The summed E-state index contributed by atoms with van der Waals surface area (Å²) in [4.78, 5) is 37.8. The van der Waals surface area contributed by atoms with E-state index >= 15 is 0 Å². The fourth-order valence-electron chi connectivity index (χ4n) is 4.46. The minimum Gasteiger partial charge on any atom is -0.480 e. The fraction of sp³-hybridized carbons (Fsp3) is 0.192. The van der Waals surface area contributed by atoms with Crippen LogP contribution in [0.2, 0.25) is 0 Å². The van der Waals surface area contributed by atoms with Crippen molar-refractivity contribution < 1.29 is 24.2 Å². The Balaban J connectivity index is 1.21. The molecule has 1 aliphatic carbocycles. The van der Waals surface area contributed by atoms with E-state index in [-0.39, 0.29) is 18.4 Å². The molecule has 1 atom stereocenters. The van der Waals surface area contributed by atoms with Crippen LogP contribution in [0.25, 0.3) is 11.1 Å². The molecule has 2 N–H and O–H groups in total. The smallest absolute Gasteiger partial charge is 0.411 e. The Morgan fingerprint density at radius 1 is 0.941 bits per heavy atom. The highest BCUT2D eigenvalue weighted by molar-refractivity contribution is 7.99. The van der Waals surface area contributed by atoms with Crippen molar-refractivity contribution in [2.24, 2.45) is 0 Å². The average Bonchev–Trinajstić information content (AvgIpc) is 3.46. The van der Waals surface area contributed by atoms with Crippen molar-refractivity contribution in [1.29, 1.82) is 0 Å². The maximum Gasteiger partial charge on any atom is 0.411 e. The average molecular weight is 475 g/mol. The van der Waals surface area contributed by atoms with E-state index < -0.39 is 18.1 Å². The van der Waals surface area contributed by atoms with Gasteiger partial charge in [-0.3, -0.25) is 10.1 Å². The van der Waals surface area contributed by atoms with Gasteiger partial charge in [0, 0.05) is 22.9 Å². The van der Waals surface area contributed by atoms with Crippen molar-refractivity contribution in [3.8, 4) is 11.1 Å². The third kappa shape index (κ3) is 4.12. The van der Waals surface area contributed by atoms with Crippen molar-refractivity contribution in [1.82, 2.24) is 4.90 Å². The van der Waals surface area contributed by atoms with Gasteiger partial charge in [0.1, 0.15) is 12.6 Å². The second-order valence-electron chi connectivity index (χ2n) is 8.16. The van der Waals surface area contributed by atoms with E-state index in [9.17, 15) is 19.5 Å². The predicted octanol–water partition coefficient (Wildman–Crippen LogP) is 4.65. The van der Waals surface area contributed by atoms with Gasteiger partial charge in [-0.2, -0.15) is 0 Å². The minimum atomic E-state index is -1.01. The number of benzene rings is 3. The molecule has 0 bridgehead atoms. The zero-order chi connectivity index (χ0) is 23.7. The Labute approximate surface area is 200 Å². The summed E-state index contributed by atoms with van der Waals surface area (Å²) >= 11 is 1.41. The van der Waals surface area contributed by atoms with Crippen molar-refractivity contribution in [3.05, 3.63) is 89.5 Å². The normalized spacial score (nSPS) is 16.6. The molecule has 8 heteroatoms. The first-order chi connectivity index (χ1) is 16.5. The highest BCUT2D eigenvalue weighted by Crippen LogP contribution is 2.44. The number of carbonyl (C=O) groups is 3. The summed E-state index contributed by atoms with van der Waals surface area (Å²) in [5.74, 6) is -0.659. The summed E-state index contributed by atoms with van der Waals surface area (Å²) < 4.78 is 5.55. The van der Waals surface area contributed by atoms with E-state index in [0.29, 0.717) is 22.9 Å². The maximum atomic E-state index is 12.7. The van der Waals surface area contributed by atoms with Gasteiger partial charge in [0.05, 0.1) is 5.88 Å². The van der Waals surface area contributed by atoms with Crippen molar-refractivity contribution in [2.75, 3.05) is 23.6 Å². The quantitative estimate of drug-likeness (QED) is 0.559. The van der Waals surface area contributed by atoms with Crippen LogP contribution >= 0.6 is 11.8 Å². The number of ether oxygens (including phenoxy) is 1. The van der Waals surface area contributed by atoms with Crippen molar-refractivity contribution in [3.63, 3.8) is 0 Å². The molecular weight excluding hydrogens is 452 g/mol. The zero-order valence-electron chi connectivity index (χ0n) is 18.1. The number of hydrogen-bond donors (Lipinski definition) is 2. The Morgan fingerprint density at radius 3 is 2.18 bits per heavy atom. The van der Waals surface area contributed by atoms with Crippen LogP contribution in [0.1, 0.15) is 27.4 Å². The molecule has 2 amide bonds. The second kappa shape index (κ2) is 9.23. The van der Waals surface area contributed by atoms with Crippen LogP contribution < -0.4 is 5.32 Å². The Bertz CT molecular complexity index is 1210. The number of rotatable bonds is 5. The van der Waals surface area contributed by atoms with E-state index in [2.05, 4.69) is 29.6 Å². The molecule has 172 valence electrons. The Hall–Kier alpha value is -3.78.